The molecule has 0 unspecified atom stereocenters. The van der Waals surface area contributed by atoms with E-state index in [0.29, 0.717) is 12.3 Å². The Morgan fingerprint density at radius 1 is 1.12 bits per heavy atom. The Hall–Kier alpha value is -3.34. The van der Waals surface area contributed by atoms with E-state index in [2.05, 4.69) is 27.6 Å². The summed E-state index contributed by atoms with van der Waals surface area (Å²) < 4.78 is 5.27. The Bertz CT molecular complexity index is 1030. The predicted octanol–water partition coefficient (Wildman–Crippen LogP) is 4.06. The van der Waals surface area contributed by atoms with Crippen LogP contribution in [0.5, 0.6) is 0 Å². The molecular weight excluding hydrogens is 314 g/mol. The van der Waals surface area contributed by atoms with E-state index in [-0.39, 0.29) is 11.6 Å². The summed E-state index contributed by atoms with van der Waals surface area (Å²) in [6.45, 7) is 2.46. The molecule has 0 aliphatic rings. The molecule has 0 saturated heterocycles. The number of carbonyl (C=O) groups excluding carboxylic acids is 1. The van der Waals surface area contributed by atoms with Crippen molar-refractivity contribution < 1.29 is 9.32 Å². The molecule has 5 heteroatoms. The number of rotatable bonds is 4. The van der Waals surface area contributed by atoms with Gasteiger partial charge in [0.25, 0.3) is 5.91 Å². The quantitative estimate of drug-likeness (QED) is 0.592. The first-order valence-electron chi connectivity index (χ1n) is 8.07. The van der Waals surface area contributed by atoms with Gasteiger partial charge in [-0.3, -0.25) is 4.79 Å². The maximum Gasteiger partial charge on any atom is 0.273 e. The van der Waals surface area contributed by atoms with E-state index in [1.807, 2.05) is 49.4 Å². The number of nitrogens with zero attached hydrogens (tertiary/aromatic N) is 1. The van der Waals surface area contributed by atoms with E-state index < -0.39 is 0 Å². The van der Waals surface area contributed by atoms with Gasteiger partial charge >= 0.3 is 0 Å². The summed E-state index contributed by atoms with van der Waals surface area (Å²) in [5, 5.41) is 7.88. The van der Waals surface area contributed by atoms with Crippen LogP contribution in [0.15, 0.2) is 65.2 Å². The Kier molecular flexibility index (Phi) is 3.82. The molecular formula is C20H17N3O2. The lowest BCUT2D eigenvalue weighted by atomic mass is 10.1. The van der Waals surface area contributed by atoms with Gasteiger partial charge in [-0.05, 0) is 36.1 Å². The van der Waals surface area contributed by atoms with Crippen LogP contribution >= 0.6 is 0 Å². The maximum absolute atomic E-state index is 12.3. The van der Waals surface area contributed by atoms with Gasteiger partial charge in [0.1, 0.15) is 0 Å². The van der Waals surface area contributed by atoms with Gasteiger partial charge in [0.15, 0.2) is 11.5 Å². The number of aromatic amines is 1. The van der Waals surface area contributed by atoms with Crippen LogP contribution in [0.1, 0.15) is 21.7 Å². The SMILES string of the molecule is Cc1cc2cc(CNC(=O)c3cc(-c4ccccc4)on3)ccc2[nH]1. The van der Waals surface area contributed by atoms with Gasteiger partial charge in [0.2, 0.25) is 0 Å². The minimum atomic E-state index is -0.253. The van der Waals surface area contributed by atoms with E-state index >= 15 is 0 Å². The van der Waals surface area contributed by atoms with Crippen LogP contribution in [0.25, 0.3) is 22.2 Å². The van der Waals surface area contributed by atoms with E-state index in [4.69, 9.17) is 4.52 Å². The number of fused-ring (bicyclic) bond motifs is 1. The number of nitrogens with one attached hydrogen (secondary N) is 2. The predicted molar refractivity (Wildman–Crippen MR) is 96.1 cm³/mol. The van der Waals surface area contributed by atoms with E-state index in [9.17, 15) is 4.79 Å². The number of carbonyl (C=O) groups is 1. The zero-order valence-corrected chi connectivity index (χ0v) is 13.7. The summed E-state index contributed by atoms with van der Waals surface area (Å²) in [5.41, 5.74) is 4.41. The number of aromatic nitrogens is 2. The summed E-state index contributed by atoms with van der Waals surface area (Å²) in [7, 11) is 0. The van der Waals surface area contributed by atoms with Crippen molar-refractivity contribution >= 4 is 16.8 Å². The zero-order valence-electron chi connectivity index (χ0n) is 13.7. The van der Waals surface area contributed by atoms with Crippen LogP contribution in [0.2, 0.25) is 0 Å². The van der Waals surface area contributed by atoms with Crippen molar-refractivity contribution in [3.8, 4) is 11.3 Å². The van der Waals surface area contributed by atoms with Crippen LogP contribution in [0.3, 0.4) is 0 Å². The fourth-order valence-corrected chi connectivity index (χ4v) is 2.83. The number of hydrogen-bond donors (Lipinski definition) is 2. The third kappa shape index (κ3) is 3.17. The monoisotopic (exact) mass is 331 g/mol. The second kappa shape index (κ2) is 6.28. The van der Waals surface area contributed by atoms with Crippen molar-refractivity contribution in [3.63, 3.8) is 0 Å². The molecule has 0 saturated carbocycles. The second-order valence-corrected chi connectivity index (χ2v) is 6.00. The van der Waals surface area contributed by atoms with E-state index in [0.717, 1.165) is 27.7 Å². The van der Waals surface area contributed by atoms with Gasteiger partial charge in [-0.25, -0.2) is 0 Å². The van der Waals surface area contributed by atoms with Crippen molar-refractivity contribution in [2.45, 2.75) is 13.5 Å². The molecule has 0 radical (unpaired) electrons. The fraction of sp³-hybridized carbons (Fsp3) is 0.100. The lowest BCUT2D eigenvalue weighted by molar-refractivity contribution is 0.0942. The van der Waals surface area contributed by atoms with Gasteiger partial charge in [0.05, 0.1) is 0 Å². The van der Waals surface area contributed by atoms with Crippen molar-refractivity contribution in [1.82, 2.24) is 15.5 Å². The number of hydrogen-bond acceptors (Lipinski definition) is 3. The number of amides is 1. The molecule has 25 heavy (non-hydrogen) atoms. The number of benzene rings is 2. The molecule has 0 spiro atoms. The summed E-state index contributed by atoms with van der Waals surface area (Å²) in [4.78, 5) is 15.6. The van der Waals surface area contributed by atoms with Gasteiger partial charge in [-0.15, -0.1) is 0 Å². The molecule has 0 atom stereocenters. The summed E-state index contributed by atoms with van der Waals surface area (Å²) in [6.07, 6.45) is 0. The summed E-state index contributed by atoms with van der Waals surface area (Å²) >= 11 is 0. The Balaban J connectivity index is 1.45. The molecule has 0 aliphatic carbocycles. The van der Waals surface area contributed by atoms with Crippen LogP contribution in [0, 0.1) is 6.92 Å². The highest BCUT2D eigenvalue weighted by atomic mass is 16.5. The average Bonchev–Trinajstić information content (AvgIpc) is 3.26. The van der Waals surface area contributed by atoms with Crippen LogP contribution in [0.4, 0.5) is 0 Å². The zero-order chi connectivity index (χ0) is 17.2. The van der Waals surface area contributed by atoms with Gasteiger partial charge in [-0.1, -0.05) is 41.6 Å². The van der Waals surface area contributed by atoms with E-state index in [1.54, 1.807) is 6.07 Å². The third-order valence-electron chi connectivity index (χ3n) is 4.07. The minimum Gasteiger partial charge on any atom is -0.359 e. The lowest BCUT2D eigenvalue weighted by Crippen LogP contribution is -2.22. The van der Waals surface area contributed by atoms with Gasteiger partial charge in [-0.2, -0.15) is 0 Å². The average molecular weight is 331 g/mol. The smallest absolute Gasteiger partial charge is 0.273 e. The van der Waals surface area contributed by atoms with Crippen molar-refractivity contribution in [2.75, 3.05) is 0 Å². The van der Waals surface area contributed by atoms with Crippen LogP contribution in [-0.2, 0) is 6.54 Å². The van der Waals surface area contributed by atoms with Gasteiger partial charge < -0.3 is 14.8 Å². The topological polar surface area (TPSA) is 70.9 Å². The minimum absolute atomic E-state index is 0.253. The first-order valence-corrected chi connectivity index (χ1v) is 8.07. The number of aryl methyl sites for hydroxylation is 1. The molecule has 4 aromatic rings. The lowest BCUT2D eigenvalue weighted by Gasteiger charge is -2.03. The molecule has 4 rings (SSSR count). The third-order valence-corrected chi connectivity index (χ3v) is 4.07. The molecule has 0 aliphatic heterocycles. The molecule has 2 aromatic heterocycles. The van der Waals surface area contributed by atoms with Crippen molar-refractivity contribution in [3.05, 3.63) is 77.6 Å². The van der Waals surface area contributed by atoms with Gasteiger partial charge in [0, 0.05) is 29.4 Å². The molecule has 124 valence electrons. The van der Waals surface area contributed by atoms with Crippen LogP contribution in [-0.4, -0.2) is 16.0 Å². The normalized spacial score (nSPS) is 10.9. The molecule has 2 N–H and O–H groups in total. The molecule has 0 bridgehead atoms. The van der Waals surface area contributed by atoms with Crippen LogP contribution < -0.4 is 5.32 Å². The Morgan fingerprint density at radius 2 is 1.96 bits per heavy atom. The highest BCUT2D eigenvalue weighted by Crippen LogP contribution is 2.20. The number of H-pyrrole nitrogens is 1. The van der Waals surface area contributed by atoms with Crippen molar-refractivity contribution in [2.24, 2.45) is 0 Å². The molecule has 0 fully saturated rings. The molecule has 2 heterocycles. The standard InChI is InChI=1S/C20H17N3O2/c1-13-9-16-10-14(7-8-17(16)22-13)12-21-20(24)18-11-19(25-23-18)15-5-3-2-4-6-15/h2-11,22H,12H2,1H3,(H,21,24). The maximum atomic E-state index is 12.3. The highest BCUT2D eigenvalue weighted by Gasteiger charge is 2.13. The molecule has 1 amide bonds. The highest BCUT2D eigenvalue weighted by molar-refractivity contribution is 5.93. The Labute approximate surface area is 144 Å². The Morgan fingerprint density at radius 3 is 2.80 bits per heavy atom. The fourth-order valence-electron chi connectivity index (χ4n) is 2.83. The first kappa shape index (κ1) is 15.2. The summed E-state index contributed by atoms with van der Waals surface area (Å²) in [6, 6.07) is 19.4. The second-order valence-electron chi connectivity index (χ2n) is 6.00. The molecule has 2 aromatic carbocycles. The largest absolute Gasteiger partial charge is 0.359 e. The summed E-state index contributed by atoms with van der Waals surface area (Å²) in [5.74, 6) is 0.325. The molecule has 5 nitrogen and oxygen atoms in total. The first-order chi connectivity index (χ1) is 12.2. The van der Waals surface area contributed by atoms with Crippen molar-refractivity contribution in [1.29, 1.82) is 0 Å². The van der Waals surface area contributed by atoms with E-state index in [1.165, 1.54) is 0 Å².